The van der Waals surface area contributed by atoms with Crippen LogP contribution in [0.25, 0.3) is 0 Å². The number of hydrogen-bond acceptors (Lipinski definition) is 2. The highest BCUT2D eigenvalue weighted by Gasteiger charge is 2.02. The molecule has 0 heterocycles. The van der Waals surface area contributed by atoms with Crippen LogP contribution in [0.15, 0.2) is 18.2 Å². The summed E-state index contributed by atoms with van der Waals surface area (Å²) in [5.74, 6) is 0. The van der Waals surface area contributed by atoms with Crippen LogP contribution in [-0.4, -0.2) is 17.8 Å². The highest BCUT2D eigenvalue weighted by Crippen LogP contribution is 2.22. The zero-order valence-electron chi connectivity index (χ0n) is 8.63. The van der Waals surface area contributed by atoms with Crippen molar-refractivity contribution in [2.45, 2.75) is 25.9 Å². The monoisotopic (exact) mass is 247 g/mol. The van der Waals surface area contributed by atoms with Gasteiger partial charge in [-0.2, -0.15) is 0 Å². The molecule has 84 valence electrons. The zero-order valence-corrected chi connectivity index (χ0v) is 10.1. The number of rotatable bonds is 5. The highest BCUT2D eigenvalue weighted by molar-refractivity contribution is 6.42. The molecule has 1 aromatic rings. The lowest BCUT2D eigenvalue weighted by Crippen LogP contribution is -2.26. The third-order valence-electron chi connectivity index (χ3n) is 2.20. The Morgan fingerprint density at radius 3 is 2.67 bits per heavy atom. The van der Waals surface area contributed by atoms with E-state index in [4.69, 9.17) is 28.3 Å². The molecule has 0 saturated carbocycles. The van der Waals surface area contributed by atoms with Gasteiger partial charge in [0.15, 0.2) is 0 Å². The fraction of sp³-hybridized carbons (Fsp3) is 0.455. The second kappa shape index (κ2) is 6.33. The van der Waals surface area contributed by atoms with Crippen molar-refractivity contribution in [3.8, 4) is 0 Å². The van der Waals surface area contributed by atoms with Crippen LogP contribution in [0.3, 0.4) is 0 Å². The number of aliphatic hydroxyl groups excluding tert-OH is 1. The summed E-state index contributed by atoms with van der Waals surface area (Å²) >= 11 is 11.7. The number of benzene rings is 1. The maximum absolute atomic E-state index is 8.74. The van der Waals surface area contributed by atoms with Crippen molar-refractivity contribution in [3.05, 3.63) is 33.8 Å². The van der Waals surface area contributed by atoms with Crippen LogP contribution in [0.2, 0.25) is 10.0 Å². The minimum Gasteiger partial charge on any atom is -0.396 e. The molecule has 2 nitrogen and oxygen atoms in total. The molecule has 0 aromatic heterocycles. The molecule has 1 aromatic carbocycles. The Balaban J connectivity index is 2.47. The topological polar surface area (TPSA) is 32.3 Å². The predicted molar refractivity (Wildman–Crippen MR) is 64.5 cm³/mol. The summed E-state index contributed by atoms with van der Waals surface area (Å²) in [6.07, 6.45) is 0.751. The fourth-order valence-electron chi connectivity index (χ4n) is 1.24. The van der Waals surface area contributed by atoms with E-state index in [9.17, 15) is 0 Å². The van der Waals surface area contributed by atoms with Crippen molar-refractivity contribution in [2.75, 3.05) is 6.61 Å². The largest absolute Gasteiger partial charge is 0.396 e. The summed E-state index contributed by atoms with van der Waals surface area (Å²) in [5.41, 5.74) is 1.09. The summed E-state index contributed by atoms with van der Waals surface area (Å²) in [5, 5.41) is 13.2. The molecule has 0 aliphatic rings. The highest BCUT2D eigenvalue weighted by atomic mass is 35.5. The van der Waals surface area contributed by atoms with Gasteiger partial charge in [0.1, 0.15) is 0 Å². The lowest BCUT2D eigenvalue weighted by Gasteiger charge is -2.12. The van der Waals surface area contributed by atoms with Gasteiger partial charge in [-0.1, -0.05) is 29.3 Å². The summed E-state index contributed by atoms with van der Waals surface area (Å²) in [6, 6.07) is 5.87. The molecule has 1 atom stereocenters. The summed E-state index contributed by atoms with van der Waals surface area (Å²) in [4.78, 5) is 0. The Bertz CT molecular complexity index is 317. The molecule has 0 radical (unpaired) electrons. The van der Waals surface area contributed by atoms with E-state index in [1.807, 2.05) is 19.1 Å². The van der Waals surface area contributed by atoms with Gasteiger partial charge >= 0.3 is 0 Å². The molecule has 0 spiro atoms. The Labute approximate surface area is 100 Å². The Morgan fingerprint density at radius 1 is 1.33 bits per heavy atom. The van der Waals surface area contributed by atoms with Crippen LogP contribution in [0.5, 0.6) is 0 Å². The molecule has 2 N–H and O–H groups in total. The van der Waals surface area contributed by atoms with E-state index < -0.39 is 0 Å². The first-order valence-corrected chi connectivity index (χ1v) is 5.67. The Kier molecular flexibility index (Phi) is 5.40. The van der Waals surface area contributed by atoms with Crippen LogP contribution in [0, 0.1) is 0 Å². The maximum Gasteiger partial charge on any atom is 0.0595 e. The molecule has 1 rings (SSSR count). The Morgan fingerprint density at radius 2 is 2.07 bits per heavy atom. The first-order chi connectivity index (χ1) is 7.13. The summed E-state index contributed by atoms with van der Waals surface area (Å²) in [6.45, 7) is 2.97. The van der Waals surface area contributed by atoms with Crippen LogP contribution in [0.1, 0.15) is 18.9 Å². The van der Waals surface area contributed by atoms with E-state index >= 15 is 0 Å². The molecule has 4 heteroatoms. The SMILES string of the molecule is CC(CCO)NCc1ccc(Cl)c(Cl)c1. The number of halogens is 2. The van der Waals surface area contributed by atoms with Crippen molar-refractivity contribution in [2.24, 2.45) is 0 Å². The number of hydrogen-bond donors (Lipinski definition) is 2. The summed E-state index contributed by atoms with van der Waals surface area (Å²) < 4.78 is 0. The maximum atomic E-state index is 8.74. The van der Waals surface area contributed by atoms with E-state index in [0.717, 1.165) is 18.5 Å². The summed E-state index contributed by atoms with van der Waals surface area (Å²) in [7, 11) is 0. The van der Waals surface area contributed by atoms with Crippen LogP contribution in [0.4, 0.5) is 0 Å². The predicted octanol–water partition coefficient (Wildman–Crippen LogP) is 2.85. The van der Waals surface area contributed by atoms with Gasteiger partial charge in [0.25, 0.3) is 0 Å². The second-order valence-corrected chi connectivity index (χ2v) is 4.36. The third-order valence-corrected chi connectivity index (χ3v) is 2.94. The smallest absolute Gasteiger partial charge is 0.0595 e. The van der Waals surface area contributed by atoms with Crippen molar-refractivity contribution < 1.29 is 5.11 Å². The van der Waals surface area contributed by atoms with Gasteiger partial charge in [-0.05, 0) is 31.0 Å². The van der Waals surface area contributed by atoms with Crippen LogP contribution < -0.4 is 5.32 Å². The van der Waals surface area contributed by atoms with Gasteiger partial charge < -0.3 is 10.4 Å². The average molecular weight is 248 g/mol. The van der Waals surface area contributed by atoms with Crippen molar-refractivity contribution in [1.29, 1.82) is 0 Å². The van der Waals surface area contributed by atoms with Crippen molar-refractivity contribution >= 4 is 23.2 Å². The average Bonchev–Trinajstić information content (AvgIpc) is 2.20. The number of aliphatic hydroxyl groups is 1. The fourth-order valence-corrected chi connectivity index (χ4v) is 1.56. The molecular formula is C11H15Cl2NO. The van der Waals surface area contributed by atoms with Gasteiger partial charge in [-0.3, -0.25) is 0 Å². The standard InChI is InChI=1S/C11H15Cl2NO/c1-8(4-5-15)14-7-9-2-3-10(12)11(13)6-9/h2-3,6,8,14-15H,4-5,7H2,1H3. The molecule has 1 unspecified atom stereocenters. The first-order valence-electron chi connectivity index (χ1n) is 4.91. The van der Waals surface area contributed by atoms with Gasteiger partial charge in [0, 0.05) is 19.2 Å². The lowest BCUT2D eigenvalue weighted by atomic mass is 10.2. The van der Waals surface area contributed by atoms with Gasteiger partial charge in [-0.15, -0.1) is 0 Å². The minimum atomic E-state index is 0.204. The van der Waals surface area contributed by atoms with Gasteiger partial charge in [-0.25, -0.2) is 0 Å². The van der Waals surface area contributed by atoms with E-state index in [2.05, 4.69) is 5.32 Å². The molecule has 0 amide bonds. The first kappa shape index (κ1) is 12.8. The minimum absolute atomic E-state index is 0.204. The van der Waals surface area contributed by atoms with E-state index in [1.165, 1.54) is 0 Å². The van der Waals surface area contributed by atoms with E-state index in [1.54, 1.807) is 6.07 Å². The normalized spacial score (nSPS) is 12.8. The lowest BCUT2D eigenvalue weighted by molar-refractivity contribution is 0.268. The quantitative estimate of drug-likeness (QED) is 0.839. The van der Waals surface area contributed by atoms with Crippen LogP contribution in [-0.2, 0) is 6.54 Å². The molecule has 0 aliphatic heterocycles. The van der Waals surface area contributed by atoms with Crippen molar-refractivity contribution in [1.82, 2.24) is 5.32 Å². The zero-order chi connectivity index (χ0) is 11.3. The van der Waals surface area contributed by atoms with Crippen molar-refractivity contribution in [3.63, 3.8) is 0 Å². The number of nitrogens with one attached hydrogen (secondary N) is 1. The van der Waals surface area contributed by atoms with E-state index in [0.29, 0.717) is 16.1 Å². The van der Waals surface area contributed by atoms with E-state index in [-0.39, 0.29) is 6.61 Å². The molecule has 15 heavy (non-hydrogen) atoms. The molecule has 0 saturated heterocycles. The molecule has 0 bridgehead atoms. The Hall–Kier alpha value is -0.280. The second-order valence-electron chi connectivity index (χ2n) is 3.54. The third kappa shape index (κ3) is 4.39. The van der Waals surface area contributed by atoms with Gasteiger partial charge in [0.05, 0.1) is 10.0 Å². The molecule has 0 fully saturated rings. The van der Waals surface area contributed by atoms with Crippen LogP contribution >= 0.6 is 23.2 Å². The van der Waals surface area contributed by atoms with Gasteiger partial charge in [0.2, 0.25) is 0 Å². The molecule has 0 aliphatic carbocycles. The molecular weight excluding hydrogens is 233 g/mol.